The predicted octanol–water partition coefficient (Wildman–Crippen LogP) is 4.64. The van der Waals surface area contributed by atoms with Gasteiger partial charge >= 0.3 is 0 Å². The third-order valence-electron chi connectivity index (χ3n) is 9.18. The van der Waals surface area contributed by atoms with Crippen LogP contribution in [0.5, 0.6) is 0 Å². The van der Waals surface area contributed by atoms with E-state index in [0.717, 1.165) is 63.7 Å². The number of rotatable bonds is 8. The first kappa shape index (κ1) is 28.0. The Morgan fingerprint density at radius 2 is 1.75 bits per heavy atom. The molecule has 7 nitrogen and oxygen atoms in total. The second kappa shape index (κ2) is 11.5. The van der Waals surface area contributed by atoms with Crippen LogP contribution < -0.4 is 5.32 Å². The highest BCUT2D eigenvalue weighted by Gasteiger charge is 2.40. The zero-order valence-corrected chi connectivity index (χ0v) is 24.0. The fourth-order valence-electron chi connectivity index (χ4n) is 7.22. The number of benzene rings is 2. The molecule has 0 spiro atoms. The number of aryl methyl sites for hydroxylation is 4. The number of unbranched alkanes of at least 4 members (excludes halogenated alkanes) is 2. The molecule has 2 aromatic carbocycles. The third kappa shape index (κ3) is 5.42. The number of nitriles is 1. The van der Waals surface area contributed by atoms with Gasteiger partial charge in [-0.1, -0.05) is 36.2 Å². The average molecular weight is 541 g/mol. The molecule has 5 rings (SSSR count). The van der Waals surface area contributed by atoms with Crippen molar-refractivity contribution in [3.05, 3.63) is 69.3 Å². The van der Waals surface area contributed by atoms with Crippen molar-refractivity contribution in [3.63, 3.8) is 0 Å². The lowest BCUT2D eigenvalue weighted by Crippen LogP contribution is -2.52. The maximum atomic E-state index is 13.1. The van der Waals surface area contributed by atoms with Crippen LogP contribution in [0.2, 0.25) is 0 Å². The number of carbonyl (C=O) groups is 3. The first-order chi connectivity index (χ1) is 19.2. The zero-order chi connectivity index (χ0) is 28.4. The van der Waals surface area contributed by atoms with Gasteiger partial charge in [-0.25, -0.2) is 0 Å². The van der Waals surface area contributed by atoms with Crippen molar-refractivity contribution >= 4 is 17.7 Å². The van der Waals surface area contributed by atoms with Crippen molar-refractivity contribution < 1.29 is 14.4 Å². The molecule has 7 heteroatoms. The molecule has 0 aliphatic carbocycles. The maximum absolute atomic E-state index is 13.1. The lowest BCUT2D eigenvalue weighted by Gasteiger charge is -2.39. The number of nitrogens with zero attached hydrogens (tertiary/aromatic N) is 3. The maximum Gasteiger partial charge on any atom is 0.255 e. The highest BCUT2D eigenvalue weighted by Crippen LogP contribution is 2.39. The molecular formula is C33H40N4O3. The summed E-state index contributed by atoms with van der Waals surface area (Å²) in [4.78, 5) is 41.1. The van der Waals surface area contributed by atoms with Crippen molar-refractivity contribution in [3.8, 4) is 6.07 Å². The van der Waals surface area contributed by atoms with Crippen LogP contribution >= 0.6 is 0 Å². The molecule has 2 fully saturated rings. The van der Waals surface area contributed by atoms with Crippen LogP contribution in [-0.2, 0) is 28.0 Å². The van der Waals surface area contributed by atoms with E-state index in [4.69, 9.17) is 0 Å². The van der Waals surface area contributed by atoms with Crippen LogP contribution in [0.15, 0.2) is 30.3 Å². The molecule has 210 valence electrons. The van der Waals surface area contributed by atoms with Crippen LogP contribution in [0, 0.1) is 32.1 Å². The quantitative estimate of drug-likeness (QED) is 0.389. The van der Waals surface area contributed by atoms with E-state index in [2.05, 4.69) is 55.3 Å². The molecule has 3 amide bonds. The monoisotopic (exact) mass is 540 g/mol. The van der Waals surface area contributed by atoms with Gasteiger partial charge in [-0.3, -0.25) is 19.7 Å². The fourth-order valence-corrected chi connectivity index (χ4v) is 7.22. The van der Waals surface area contributed by atoms with Gasteiger partial charge in [-0.05, 0) is 113 Å². The lowest BCUT2D eigenvalue weighted by atomic mass is 9.70. The van der Waals surface area contributed by atoms with E-state index in [0.29, 0.717) is 18.5 Å². The number of nitrogens with one attached hydrogen (secondary N) is 1. The summed E-state index contributed by atoms with van der Waals surface area (Å²) in [6.07, 6.45) is 6.57. The minimum absolute atomic E-state index is 0.110. The SMILES string of the molecule is Cc1cc(C)c(C2(C#N)CCN(CCCCCc3cccc4c3CN(C3CCC(=O)NC3=O)C4=O)CC2)c(C)c1. The highest BCUT2D eigenvalue weighted by molar-refractivity contribution is 6.05. The number of fused-ring (bicyclic) bond motifs is 1. The van der Waals surface area contributed by atoms with Crippen molar-refractivity contribution in [2.24, 2.45) is 0 Å². The Bertz CT molecular complexity index is 1340. The molecule has 0 aromatic heterocycles. The Balaban J connectivity index is 1.11. The van der Waals surface area contributed by atoms with E-state index in [-0.39, 0.29) is 29.6 Å². The van der Waals surface area contributed by atoms with Crippen LogP contribution in [-0.4, -0.2) is 53.2 Å². The van der Waals surface area contributed by atoms with Gasteiger partial charge in [0.15, 0.2) is 0 Å². The summed E-state index contributed by atoms with van der Waals surface area (Å²) in [5.74, 6) is -0.745. The average Bonchev–Trinajstić information content (AvgIpc) is 3.25. The molecule has 0 radical (unpaired) electrons. The first-order valence-electron chi connectivity index (χ1n) is 14.7. The van der Waals surface area contributed by atoms with Gasteiger partial charge in [0.2, 0.25) is 11.8 Å². The molecule has 2 aromatic rings. The minimum atomic E-state index is -0.575. The Morgan fingerprint density at radius 1 is 1.02 bits per heavy atom. The topological polar surface area (TPSA) is 93.5 Å². The van der Waals surface area contributed by atoms with Crippen molar-refractivity contribution in [2.75, 3.05) is 19.6 Å². The summed E-state index contributed by atoms with van der Waals surface area (Å²) in [6, 6.07) is 12.4. The smallest absolute Gasteiger partial charge is 0.255 e. The number of amides is 3. The molecular weight excluding hydrogens is 500 g/mol. The fraction of sp³-hybridized carbons (Fsp3) is 0.515. The molecule has 2 saturated heterocycles. The van der Waals surface area contributed by atoms with Crippen LogP contribution in [0.25, 0.3) is 0 Å². The number of hydrogen-bond donors (Lipinski definition) is 1. The van der Waals surface area contributed by atoms with Crippen molar-refractivity contribution in [2.45, 2.75) is 90.1 Å². The van der Waals surface area contributed by atoms with Crippen LogP contribution in [0.1, 0.15) is 88.7 Å². The Kier molecular flexibility index (Phi) is 8.09. The van der Waals surface area contributed by atoms with Crippen LogP contribution in [0.4, 0.5) is 0 Å². The second-order valence-electron chi connectivity index (χ2n) is 12.0. The van der Waals surface area contributed by atoms with Crippen molar-refractivity contribution in [1.82, 2.24) is 15.1 Å². The molecule has 3 aliphatic rings. The second-order valence-corrected chi connectivity index (χ2v) is 12.0. The first-order valence-corrected chi connectivity index (χ1v) is 14.7. The van der Waals surface area contributed by atoms with Gasteiger partial charge in [-0.15, -0.1) is 0 Å². The molecule has 0 bridgehead atoms. The third-order valence-corrected chi connectivity index (χ3v) is 9.18. The predicted molar refractivity (Wildman–Crippen MR) is 154 cm³/mol. The molecule has 40 heavy (non-hydrogen) atoms. The molecule has 3 heterocycles. The van der Waals surface area contributed by atoms with Crippen LogP contribution in [0.3, 0.4) is 0 Å². The summed E-state index contributed by atoms with van der Waals surface area (Å²) >= 11 is 0. The van der Waals surface area contributed by atoms with Gasteiger partial charge in [-0.2, -0.15) is 5.26 Å². The van der Waals surface area contributed by atoms with E-state index in [1.165, 1.54) is 27.8 Å². The van der Waals surface area contributed by atoms with Gasteiger partial charge in [0.05, 0.1) is 11.5 Å². The minimum Gasteiger partial charge on any atom is -0.322 e. The Morgan fingerprint density at radius 3 is 2.42 bits per heavy atom. The van der Waals surface area contributed by atoms with E-state index in [1.807, 2.05) is 12.1 Å². The van der Waals surface area contributed by atoms with Crippen molar-refractivity contribution in [1.29, 1.82) is 5.26 Å². The molecule has 3 aliphatic heterocycles. The van der Waals surface area contributed by atoms with Gasteiger partial charge < -0.3 is 9.80 Å². The number of carbonyl (C=O) groups excluding carboxylic acids is 3. The molecule has 1 unspecified atom stereocenters. The summed E-state index contributed by atoms with van der Waals surface area (Å²) in [5.41, 5.74) is 7.49. The zero-order valence-electron chi connectivity index (χ0n) is 24.0. The number of hydrogen-bond acceptors (Lipinski definition) is 5. The normalized spacial score (nSPS) is 20.8. The summed E-state index contributed by atoms with van der Waals surface area (Å²) in [5, 5.41) is 12.6. The molecule has 1 atom stereocenters. The number of likely N-dealkylation sites (tertiary alicyclic amines) is 1. The standard InChI is InChI=1S/C33H40N4O3/c1-22-18-23(2)30(24(3)19-22)33(21-34)13-16-36(17-14-33)15-6-4-5-8-25-9-7-10-26-27(25)20-37(32(26)40)28-11-12-29(38)35-31(28)39/h7,9-10,18-19,28H,4-6,8,11-17,20H2,1-3H3,(H,35,38,39). The molecule has 0 saturated carbocycles. The number of piperidine rings is 2. The summed E-state index contributed by atoms with van der Waals surface area (Å²) in [7, 11) is 0. The molecule has 1 N–H and O–H groups in total. The lowest BCUT2D eigenvalue weighted by molar-refractivity contribution is -0.136. The Hall–Kier alpha value is -3.50. The van der Waals surface area contributed by atoms with Gasteiger partial charge in [0, 0.05) is 18.5 Å². The van der Waals surface area contributed by atoms with Gasteiger partial charge in [0.25, 0.3) is 5.91 Å². The largest absolute Gasteiger partial charge is 0.322 e. The van der Waals surface area contributed by atoms with E-state index in [9.17, 15) is 19.6 Å². The highest BCUT2D eigenvalue weighted by atomic mass is 16.2. The number of imide groups is 1. The van der Waals surface area contributed by atoms with E-state index in [1.54, 1.807) is 4.90 Å². The Labute approximate surface area is 237 Å². The van der Waals surface area contributed by atoms with E-state index < -0.39 is 6.04 Å². The van der Waals surface area contributed by atoms with Gasteiger partial charge in [0.1, 0.15) is 6.04 Å². The summed E-state index contributed by atoms with van der Waals surface area (Å²) < 4.78 is 0. The summed E-state index contributed by atoms with van der Waals surface area (Å²) in [6.45, 7) is 9.78. The van der Waals surface area contributed by atoms with E-state index >= 15 is 0 Å².